The van der Waals surface area contributed by atoms with Crippen molar-refractivity contribution < 1.29 is 36.2 Å². The SMILES string of the molecule is CC(=O)OC(=O)C(C)=O.[Fe]. The van der Waals surface area contributed by atoms with E-state index in [0.717, 1.165) is 13.8 Å². The number of carbonyl (C=O) groups is 3. The Kier molecular flexibility index (Phi) is 6.19. The van der Waals surface area contributed by atoms with E-state index in [-0.39, 0.29) is 17.1 Å². The van der Waals surface area contributed by atoms with Gasteiger partial charge < -0.3 is 4.74 Å². The maximum absolute atomic E-state index is 10.2. The van der Waals surface area contributed by atoms with Gasteiger partial charge in [-0.1, -0.05) is 0 Å². The molecule has 0 unspecified atom stereocenters. The summed E-state index contributed by atoms with van der Waals surface area (Å²) in [6.07, 6.45) is 0. The first kappa shape index (κ1) is 12.0. The normalized spacial score (nSPS) is 7.40. The van der Waals surface area contributed by atoms with Crippen LogP contribution in [0.4, 0.5) is 0 Å². The molecule has 0 aliphatic rings. The molecule has 0 bridgehead atoms. The molecule has 0 heterocycles. The Hall–Kier alpha value is -0.671. The largest absolute Gasteiger partial charge is 0.387 e. The summed E-state index contributed by atoms with van der Waals surface area (Å²) in [5.74, 6) is -2.65. The van der Waals surface area contributed by atoms with E-state index >= 15 is 0 Å². The molecule has 0 amide bonds. The zero-order chi connectivity index (χ0) is 7.44. The maximum Gasteiger partial charge on any atom is 0.381 e. The van der Waals surface area contributed by atoms with Crippen LogP contribution in [0.2, 0.25) is 0 Å². The van der Waals surface area contributed by atoms with Gasteiger partial charge in [0.1, 0.15) is 0 Å². The van der Waals surface area contributed by atoms with Crippen molar-refractivity contribution in [1.29, 1.82) is 0 Å². The summed E-state index contributed by atoms with van der Waals surface area (Å²) in [4.78, 5) is 30.2. The van der Waals surface area contributed by atoms with Crippen molar-refractivity contribution >= 4 is 17.7 Å². The summed E-state index contributed by atoms with van der Waals surface area (Å²) in [5, 5.41) is 0. The van der Waals surface area contributed by atoms with Crippen molar-refractivity contribution in [2.24, 2.45) is 0 Å². The fraction of sp³-hybridized carbons (Fsp3) is 0.400. The molecule has 0 aromatic rings. The molecule has 5 heteroatoms. The number of rotatable bonds is 1. The average molecular weight is 186 g/mol. The van der Waals surface area contributed by atoms with Crippen molar-refractivity contribution in [3.8, 4) is 0 Å². The number of ketones is 1. The van der Waals surface area contributed by atoms with Crippen LogP contribution in [-0.2, 0) is 36.2 Å². The molecule has 0 saturated heterocycles. The van der Waals surface area contributed by atoms with E-state index in [9.17, 15) is 14.4 Å². The van der Waals surface area contributed by atoms with Crippen LogP contribution < -0.4 is 0 Å². The molecule has 4 nitrogen and oxygen atoms in total. The Morgan fingerprint density at radius 3 is 1.60 bits per heavy atom. The van der Waals surface area contributed by atoms with Crippen molar-refractivity contribution in [3.63, 3.8) is 0 Å². The first-order chi connectivity index (χ1) is 4.04. The second kappa shape index (κ2) is 5.14. The van der Waals surface area contributed by atoms with Crippen molar-refractivity contribution in [3.05, 3.63) is 0 Å². The maximum atomic E-state index is 10.2. The second-order valence-corrected chi connectivity index (χ2v) is 1.44. The fourth-order valence-corrected chi connectivity index (χ4v) is 0.202. The summed E-state index contributed by atoms with van der Waals surface area (Å²) in [6, 6.07) is 0. The van der Waals surface area contributed by atoms with E-state index < -0.39 is 17.7 Å². The smallest absolute Gasteiger partial charge is 0.381 e. The third-order valence-electron chi connectivity index (χ3n) is 0.524. The summed E-state index contributed by atoms with van der Waals surface area (Å²) >= 11 is 0. The number of esters is 2. The van der Waals surface area contributed by atoms with Crippen molar-refractivity contribution in [1.82, 2.24) is 0 Å². The molecule has 0 atom stereocenters. The van der Waals surface area contributed by atoms with Crippen LogP contribution in [0.25, 0.3) is 0 Å². The molecular formula is C5H6FeO4. The molecular weight excluding hydrogens is 180 g/mol. The summed E-state index contributed by atoms with van der Waals surface area (Å²) in [6.45, 7) is 2.09. The average Bonchev–Trinajstić information content (AvgIpc) is 1.63. The van der Waals surface area contributed by atoms with E-state index in [1.807, 2.05) is 0 Å². The quantitative estimate of drug-likeness (QED) is 0.243. The summed E-state index contributed by atoms with van der Waals surface area (Å²) < 4.78 is 3.88. The van der Waals surface area contributed by atoms with Gasteiger partial charge in [0.25, 0.3) is 0 Å². The first-order valence-electron chi connectivity index (χ1n) is 2.27. The van der Waals surface area contributed by atoms with Crippen LogP contribution in [0.5, 0.6) is 0 Å². The molecule has 0 fully saturated rings. The minimum absolute atomic E-state index is 0. The molecule has 0 radical (unpaired) electrons. The van der Waals surface area contributed by atoms with E-state index in [0.29, 0.717) is 0 Å². The van der Waals surface area contributed by atoms with Crippen LogP contribution in [-0.4, -0.2) is 17.7 Å². The van der Waals surface area contributed by atoms with E-state index in [2.05, 4.69) is 4.74 Å². The third kappa shape index (κ3) is 5.47. The Labute approximate surface area is 68.4 Å². The van der Waals surface area contributed by atoms with Gasteiger partial charge in [-0.3, -0.25) is 9.59 Å². The predicted octanol–water partition coefficient (Wildman–Crippen LogP) is -0.337. The molecule has 58 valence electrons. The monoisotopic (exact) mass is 186 g/mol. The number of carbonyl (C=O) groups excluding carboxylic acids is 3. The van der Waals surface area contributed by atoms with Gasteiger partial charge in [-0.05, 0) is 0 Å². The van der Waals surface area contributed by atoms with Gasteiger partial charge in [0.05, 0.1) is 0 Å². The molecule has 0 N–H and O–H groups in total. The number of ether oxygens (including phenoxy) is 1. The number of Topliss-reactive ketones (excluding diaryl/α,β-unsaturated/α-hetero) is 1. The zero-order valence-corrected chi connectivity index (χ0v) is 6.59. The van der Waals surface area contributed by atoms with Crippen LogP contribution in [0.15, 0.2) is 0 Å². The standard InChI is InChI=1S/C5H6O4.Fe/c1-3(6)5(8)9-4(2)7;/h1-2H3;. The Morgan fingerprint density at radius 2 is 1.50 bits per heavy atom. The summed E-state index contributed by atoms with van der Waals surface area (Å²) in [5.41, 5.74) is 0. The van der Waals surface area contributed by atoms with E-state index in [4.69, 9.17) is 0 Å². The molecule has 0 aliphatic carbocycles. The van der Waals surface area contributed by atoms with Gasteiger partial charge in [-0.15, -0.1) is 0 Å². The van der Waals surface area contributed by atoms with Crippen LogP contribution >= 0.6 is 0 Å². The first-order valence-corrected chi connectivity index (χ1v) is 2.27. The van der Waals surface area contributed by atoms with Gasteiger partial charge in [0, 0.05) is 30.9 Å². The second-order valence-electron chi connectivity index (χ2n) is 1.44. The van der Waals surface area contributed by atoms with Crippen molar-refractivity contribution in [2.45, 2.75) is 13.8 Å². The molecule has 0 rings (SSSR count). The van der Waals surface area contributed by atoms with Gasteiger partial charge in [0.2, 0.25) is 5.78 Å². The van der Waals surface area contributed by atoms with Crippen LogP contribution in [0.1, 0.15) is 13.8 Å². The fourth-order valence-electron chi connectivity index (χ4n) is 0.202. The molecule has 0 aromatic carbocycles. The van der Waals surface area contributed by atoms with Crippen LogP contribution in [0.3, 0.4) is 0 Å². The Morgan fingerprint density at radius 1 is 1.10 bits per heavy atom. The van der Waals surface area contributed by atoms with Crippen LogP contribution in [0, 0.1) is 0 Å². The molecule has 0 aliphatic heterocycles. The minimum atomic E-state index is -1.11. The van der Waals surface area contributed by atoms with E-state index in [1.165, 1.54) is 0 Å². The minimum Gasteiger partial charge on any atom is -0.387 e. The van der Waals surface area contributed by atoms with E-state index in [1.54, 1.807) is 0 Å². The Bertz CT molecular complexity index is 163. The zero-order valence-electron chi connectivity index (χ0n) is 5.49. The number of hydrogen-bond acceptors (Lipinski definition) is 4. The molecule has 0 aromatic heterocycles. The summed E-state index contributed by atoms with van der Waals surface area (Å²) in [7, 11) is 0. The van der Waals surface area contributed by atoms with Gasteiger partial charge in [-0.2, -0.15) is 0 Å². The molecule has 0 spiro atoms. The Balaban J connectivity index is 0. The van der Waals surface area contributed by atoms with Crippen molar-refractivity contribution in [2.75, 3.05) is 0 Å². The molecule has 10 heavy (non-hydrogen) atoms. The predicted molar refractivity (Wildman–Crippen MR) is 27.5 cm³/mol. The molecule has 0 saturated carbocycles. The topological polar surface area (TPSA) is 60.4 Å². The van der Waals surface area contributed by atoms with Gasteiger partial charge >= 0.3 is 11.9 Å². The van der Waals surface area contributed by atoms with Gasteiger partial charge in [0.15, 0.2) is 0 Å². The number of hydrogen-bond donors (Lipinski definition) is 0. The van der Waals surface area contributed by atoms with Gasteiger partial charge in [-0.25, -0.2) is 4.79 Å². The third-order valence-corrected chi connectivity index (χ3v) is 0.524.